The van der Waals surface area contributed by atoms with Gasteiger partial charge in [-0.3, -0.25) is 4.79 Å². The predicted octanol–water partition coefficient (Wildman–Crippen LogP) is 3.41. The first-order valence-corrected chi connectivity index (χ1v) is 9.52. The zero-order chi connectivity index (χ0) is 16.6. The maximum atomic E-state index is 12.4. The fourth-order valence-electron chi connectivity index (χ4n) is 3.68. The lowest BCUT2D eigenvalue weighted by Gasteiger charge is -2.44. The van der Waals surface area contributed by atoms with Crippen molar-refractivity contribution in [2.75, 3.05) is 19.7 Å². The van der Waals surface area contributed by atoms with Crippen LogP contribution in [0.15, 0.2) is 22.0 Å². The van der Waals surface area contributed by atoms with Crippen LogP contribution in [0.3, 0.4) is 0 Å². The molecule has 1 fully saturated rings. The number of carbonyl (C=O) groups is 1. The molecule has 0 bridgehead atoms. The quantitative estimate of drug-likeness (QED) is 0.835. The van der Waals surface area contributed by atoms with Crippen molar-refractivity contribution in [3.8, 4) is 0 Å². The number of amides is 1. The monoisotopic (exact) mass is 366 g/mol. The summed E-state index contributed by atoms with van der Waals surface area (Å²) < 4.78 is 11.2. The molecule has 0 unspecified atom stereocenters. The van der Waals surface area contributed by atoms with E-state index in [0.717, 1.165) is 39.0 Å². The Balaban J connectivity index is 1.36. The van der Waals surface area contributed by atoms with E-state index in [1.807, 2.05) is 16.2 Å². The fraction of sp³-hybridized carbons (Fsp3) is 0.529. The lowest BCUT2D eigenvalue weighted by molar-refractivity contribution is -0.140. The minimum atomic E-state index is -0.178. The topological polar surface area (TPSA) is 55.6 Å². The Morgan fingerprint density at radius 3 is 3.00 bits per heavy atom. The van der Waals surface area contributed by atoms with Crippen LogP contribution in [0.25, 0.3) is 0 Å². The van der Waals surface area contributed by atoms with Crippen molar-refractivity contribution >= 4 is 28.8 Å². The lowest BCUT2D eigenvalue weighted by atomic mass is 9.82. The van der Waals surface area contributed by atoms with Crippen LogP contribution in [0.2, 0.25) is 5.15 Å². The Labute approximate surface area is 149 Å². The van der Waals surface area contributed by atoms with E-state index in [1.165, 1.54) is 10.4 Å². The average Bonchev–Trinajstić information content (AvgIpc) is 3.23. The van der Waals surface area contributed by atoms with Gasteiger partial charge in [-0.1, -0.05) is 16.8 Å². The molecule has 2 aromatic rings. The van der Waals surface area contributed by atoms with Crippen molar-refractivity contribution in [3.63, 3.8) is 0 Å². The number of aryl methyl sites for hydroxylation is 1. The molecule has 24 heavy (non-hydrogen) atoms. The van der Waals surface area contributed by atoms with E-state index in [0.29, 0.717) is 23.8 Å². The van der Waals surface area contributed by atoms with E-state index in [9.17, 15) is 4.79 Å². The zero-order valence-electron chi connectivity index (χ0n) is 13.3. The summed E-state index contributed by atoms with van der Waals surface area (Å²) >= 11 is 7.55. The summed E-state index contributed by atoms with van der Waals surface area (Å²) in [5.74, 6) is 0.805. The average molecular weight is 367 g/mol. The number of halogens is 1. The Kier molecular flexibility index (Phi) is 4.37. The molecule has 0 aromatic carbocycles. The number of ether oxygens (including phenoxy) is 1. The molecule has 128 valence electrons. The minimum absolute atomic E-state index is 0.152. The van der Waals surface area contributed by atoms with E-state index >= 15 is 0 Å². The first kappa shape index (κ1) is 16.1. The molecule has 5 nitrogen and oxygen atoms in total. The highest BCUT2D eigenvalue weighted by atomic mass is 35.5. The molecule has 1 saturated heterocycles. The second-order valence-electron chi connectivity index (χ2n) is 6.35. The van der Waals surface area contributed by atoms with Crippen LogP contribution < -0.4 is 0 Å². The number of likely N-dealkylation sites (tertiary alicyclic amines) is 1. The normalized spacial score (nSPS) is 19.5. The van der Waals surface area contributed by atoms with Gasteiger partial charge in [0, 0.05) is 43.3 Å². The maximum Gasteiger partial charge on any atom is 0.223 e. The molecule has 0 atom stereocenters. The van der Waals surface area contributed by atoms with Crippen LogP contribution in [0, 0.1) is 0 Å². The molecule has 0 saturated carbocycles. The maximum absolute atomic E-state index is 12.4. The SMILES string of the molecule is O=C(CCc1cc(Cl)no1)N1CCC2(CC1)OCCc1sccc12. The van der Waals surface area contributed by atoms with Gasteiger partial charge in [0.05, 0.1) is 12.2 Å². The molecule has 1 amide bonds. The van der Waals surface area contributed by atoms with Gasteiger partial charge in [-0.2, -0.15) is 0 Å². The Hall–Kier alpha value is -1.37. The third-order valence-electron chi connectivity index (χ3n) is 4.98. The van der Waals surface area contributed by atoms with Crippen LogP contribution >= 0.6 is 22.9 Å². The Bertz CT molecular complexity index is 734. The van der Waals surface area contributed by atoms with Gasteiger partial charge in [0.25, 0.3) is 0 Å². The van der Waals surface area contributed by atoms with Crippen LogP contribution in [-0.4, -0.2) is 35.7 Å². The molecule has 0 aliphatic carbocycles. The number of hydrogen-bond donors (Lipinski definition) is 0. The second-order valence-corrected chi connectivity index (χ2v) is 7.73. The number of thiophene rings is 1. The first-order valence-electron chi connectivity index (χ1n) is 8.26. The van der Waals surface area contributed by atoms with Crippen molar-refractivity contribution in [2.45, 2.75) is 37.7 Å². The number of aromatic nitrogens is 1. The van der Waals surface area contributed by atoms with Gasteiger partial charge in [0.15, 0.2) is 5.15 Å². The molecule has 7 heteroatoms. The smallest absolute Gasteiger partial charge is 0.223 e. The van der Waals surface area contributed by atoms with E-state index in [-0.39, 0.29) is 11.5 Å². The highest BCUT2D eigenvalue weighted by Gasteiger charge is 2.42. The van der Waals surface area contributed by atoms with E-state index in [1.54, 1.807) is 6.07 Å². The van der Waals surface area contributed by atoms with Gasteiger partial charge in [0.2, 0.25) is 5.91 Å². The number of nitrogens with zero attached hydrogens (tertiary/aromatic N) is 2. The van der Waals surface area contributed by atoms with Crippen molar-refractivity contribution < 1.29 is 14.1 Å². The highest BCUT2D eigenvalue weighted by Crippen LogP contribution is 2.43. The minimum Gasteiger partial charge on any atom is -0.370 e. The number of carbonyl (C=O) groups excluding carboxylic acids is 1. The summed E-state index contributed by atoms with van der Waals surface area (Å²) in [4.78, 5) is 15.8. The molecule has 4 heterocycles. The summed E-state index contributed by atoms with van der Waals surface area (Å²) in [6, 6.07) is 3.86. The number of rotatable bonds is 3. The van der Waals surface area contributed by atoms with Gasteiger partial charge in [-0.15, -0.1) is 11.3 Å². The lowest BCUT2D eigenvalue weighted by Crippen LogP contribution is -2.48. The van der Waals surface area contributed by atoms with Crippen LogP contribution in [0.4, 0.5) is 0 Å². The standard InChI is InChI=1S/C17H19ClN2O3S/c18-15-11-12(23-19-15)1-2-16(21)20-7-5-17(6-8-20)13-4-10-24-14(13)3-9-22-17/h4,10-11H,1-3,5-9H2. The number of hydrogen-bond acceptors (Lipinski definition) is 5. The summed E-state index contributed by atoms with van der Waals surface area (Å²) in [5, 5.41) is 6.12. The largest absolute Gasteiger partial charge is 0.370 e. The highest BCUT2D eigenvalue weighted by molar-refractivity contribution is 7.10. The molecule has 0 N–H and O–H groups in total. The van der Waals surface area contributed by atoms with Gasteiger partial charge < -0.3 is 14.2 Å². The molecule has 0 radical (unpaired) electrons. The fourth-order valence-corrected chi connectivity index (χ4v) is 4.79. The summed E-state index contributed by atoms with van der Waals surface area (Å²) in [6.45, 7) is 2.27. The summed E-state index contributed by atoms with van der Waals surface area (Å²) in [6.07, 6.45) is 3.71. The van der Waals surface area contributed by atoms with E-state index < -0.39 is 0 Å². The van der Waals surface area contributed by atoms with Crippen LogP contribution in [0.1, 0.15) is 35.5 Å². The van der Waals surface area contributed by atoms with Gasteiger partial charge in [-0.05, 0) is 29.9 Å². The van der Waals surface area contributed by atoms with Crippen LogP contribution in [-0.2, 0) is 28.0 Å². The zero-order valence-corrected chi connectivity index (χ0v) is 14.9. The van der Waals surface area contributed by atoms with Gasteiger partial charge in [0.1, 0.15) is 5.76 Å². The van der Waals surface area contributed by atoms with Crippen molar-refractivity contribution in [1.29, 1.82) is 0 Å². The van der Waals surface area contributed by atoms with Crippen LogP contribution in [0.5, 0.6) is 0 Å². The predicted molar refractivity (Wildman–Crippen MR) is 91.3 cm³/mol. The molecule has 1 spiro atoms. The van der Waals surface area contributed by atoms with Crippen molar-refractivity contribution in [3.05, 3.63) is 38.9 Å². The molecule has 2 aliphatic heterocycles. The Morgan fingerprint density at radius 2 is 2.25 bits per heavy atom. The molecule has 2 aliphatic rings. The van der Waals surface area contributed by atoms with Crippen molar-refractivity contribution in [2.24, 2.45) is 0 Å². The molecule has 4 rings (SSSR count). The summed E-state index contributed by atoms with van der Waals surface area (Å²) in [7, 11) is 0. The number of fused-ring (bicyclic) bond motifs is 2. The third-order valence-corrected chi connectivity index (χ3v) is 6.14. The Morgan fingerprint density at radius 1 is 1.42 bits per heavy atom. The molecular weight excluding hydrogens is 348 g/mol. The van der Waals surface area contributed by atoms with Crippen molar-refractivity contribution in [1.82, 2.24) is 10.1 Å². The van der Waals surface area contributed by atoms with E-state index in [4.69, 9.17) is 20.9 Å². The third kappa shape index (κ3) is 2.98. The van der Waals surface area contributed by atoms with Gasteiger partial charge >= 0.3 is 0 Å². The van der Waals surface area contributed by atoms with Gasteiger partial charge in [-0.25, -0.2) is 0 Å². The molecular formula is C17H19ClN2O3S. The summed E-state index contributed by atoms with van der Waals surface area (Å²) in [5.41, 5.74) is 1.17. The number of piperidine rings is 1. The second kappa shape index (κ2) is 6.50. The molecule has 2 aromatic heterocycles. The van der Waals surface area contributed by atoms with E-state index in [2.05, 4.69) is 16.6 Å². The first-order chi connectivity index (χ1) is 11.7.